The highest BCUT2D eigenvalue weighted by atomic mass is 16.5. The maximum atomic E-state index is 5.50. The van der Waals surface area contributed by atoms with Crippen LogP contribution in [0.1, 0.15) is 19.0 Å². The molecule has 1 aliphatic rings. The second-order valence-corrected chi connectivity index (χ2v) is 5.22. The number of hydrogen-bond donors (Lipinski definition) is 1. The Bertz CT molecular complexity index is 574. The van der Waals surface area contributed by atoms with Crippen LogP contribution in [0.15, 0.2) is 24.4 Å². The van der Waals surface area contributed by atoms with Gasteiger partial charge in [-0.3, -0.25) is 0 Å². The third-order valence-electron chi connectivity index (χ3n) is 3.94. The monoisotopic (exact) mass is 274 g/mol. The topological polar surface area (TPSA) is 41.8 Å². The Labute approximate surface area is 119 Å². The van der Waals surface area contributed by atoms with Gasteiger partial charge in [-0.1, -0.05) is 13.0 Å². The molecule has 2 aromatic heterocycles. The minimum absolute atomic E-state index is 0.431. The SMILES string of the molecule is CCNCc1c(N(C)C2CCOC2)nc2ccccn12. The van der Waals surface area contributed by atoms with Crippen molar-refractivity contribution in [2.75, 3.05) is 31.7 Å². The lowest BCUT2D eigenvalue weighted by Crippen LogP contribution is -2.33. The van der Waals surface area contributed by atoms with E-state index >= 15 is 0 Å². The molecule has 0 bridgehead atoms. The predicted molar refractivity (Wildman–Crippen MR) is 80.2 cm³/mol. The highest BCUT2D eigenvalue weighted by Gasteiger charge is 2.25. The summed E-state index contributed by atoms with van der Waals surface area (Å²) < 4.78 is 7.67. The summed E-state index contributed by atoms with van der Waals surface area (Å²) in [7, 11) is 2.12. The first-order chi connectivity index (χ1) is 9.81. The molecule has 1 unspecified atom stereocenters. The first-order valence-electron chi connectivity index (χ1n) is 7.28. The number of likely N-dealkylation sites (N-methyl/N-ethyl adjacent to an activating group) is 1. The normalized spacial score (nSPS) is 18.8. The van der Waals surface area contributed by atoms with Crippen LogP contribution in [0, 0.1) is 0 Å². The van der Waals surface area contributed by atoms with E-state index in [1.54, 1.807) is 0 Å². The van der Waals surface area contributed by atoms with Gasteiger partial charge < -0.3 is 19.4 Å². The molecule has 3 rings (SSSR count). The third-order valence-corrected chi connectivity index (χ3v) is 3.94. The van der Waals surface area contributed by atoms with Crippen molar-refractivity contribution in [1.29, 1.82) is 0 Å². The van der Waals surface area contributed by atoms with Crippen LogP contribution in [-0.4, -0.2) is 42.2 Å². The van der Waals surface area contributed by atoms with Gasteiger partial charge in [-0.05, 0) is 25.1 Å². The van der Waals surface area contributed by atoms with E-state index < -0.39 is 0 Å². The van der Waals surface area contributed by atoms with E-state index in [1.165, 1.54) is 5.69 Å². The van der Waals surface area contributed by atoms with Crippen molar-refractivity contribution in [3.63, 3.8) is 0 Å². The highest BCUT2D eigenvalue weighted by molar-refractivity contribution is 5.56. The lowest BCUT2D eigenvalue weighted by Gasteiger charge is -2.24. The Morgan fingerprint density at radius 2 is 2.40 bits per heavy atom. The summed E-state index contributed by atoms with van der Waals surface area (Å²) in [6.07, 6.45) is 3.16. The maximum Gasteiger partial charge on any atom is 0.152 e. The molecule has 5 heteroatoms. The molecule has 2 aromatic rings. The van der Waals surface area contributed by atoms with E-state index in [0.29, 0.717) is 6.04 Å². The zero-order valence-corrected chi connectivity index (χ0v) is 12.2. The lowest BCUT2D eigenvalue weighted by atomic mass is 10.2. The summed E-state index contributed by atoms with van der Waals surface area (Å²) >= 11 is 0. The predicted octanol–water partition coefficient (Wildman–Crippen LogP) is 1.67. The average molecular weight is 274 g/mol. The second kappa shape index (κ2) is 5.81. The summed E-state index contributed by atoms with van der Waals surface area (Å²) in [6, 6.07) is 6.56. The smallest absolute Gasteiger partial charge is 0.152 e. The van der Waals surface area contributed by atoms with E-state index in [1.807, 2.05) is 12.1 Å². The number of hydrogen-bond acceptors (Lipinski definition) is 4. The number of aromatic nitrogens is 2. The van der Waals surface area contributed by atoms with Crippen LogP contribution >= 0.6 is 0 Å². The standard InChI is InChI=1S/C15H22N4O/c1-3-16-10-13-15(18(2)12-7-9-20-11-12)17-14-6-4-5-8-19(13)14/h4-6,8,12,16H,3,7,9-11H2,1-2H3. The van der Waals surface area contributed by atoms with Gasteiger partial charge in [-0.15, -0.1) is 0 Å². The molecule has 108 valence electrons. The third kappa shape index (κ3) is 2.39. The number of imidazole rings is 1. The Morgan fingerprint density at radius 3 is 3.15 bits per heavy atom. The van der Waals surface area contributed by atoms with Crippen LogP contribution in [0.25, 0.3) is 5.65 Å². The number of ether oxygens (including phenoxy) is 1. The molecule has 0 amide bonds. The van der Waals surface area contributed by atoms with Gasteiger partial charge in [0.25, 0.3) is 0 Å². The zero-order chi connectivity index (χ0) is 13.9. The molecule has 1 atom stereocenters. The quantitative estimate of drug-likeness (QED) is 0.900. The molecule has 1 saturated heterocycles. The number of nitrogens with one attached hydrogen (secondary N) is 1. The number of fused-ring (bicyclic) bond motifs is 1. The molecule has 3 heterocycles. The van der Waals surface area contributed by atoms with E-state index in [-0.39, 0.29) is 0 Å². The fourth-order valence-electron chi connectivity index (χ4n) is 2.72. The summed E-state index contributed by atoms with van der Waals surface area (Å²) in [5.74, 6) is 1.06. The summed E-state index contributed by atoms with van der Waals surface area (Å²) in [5, 5.41) is 3.41. The van der Waals surface area contributed by atoms with Crippen molar-refractivity contribution in [2.45, 2.75) is 25.9 Å². The molecule has 0 spiro atoms. The minimum atomic E-state index is 0.431. The number of anilines is 1. The number of rotatable bonds is 5. The molecule has 0 aromatic carbocycles. The second-order valence-electron chi connectivity index (χ2n) is 5.22. The Balaban J connectivity index is 1.99. The number of nitrogens with zero attached hydrogens (tertiary/aromatic N) is 3. The lowest BCUT2D eigenvalue weighted by molar-refractivity contribution is 0.193. The van der Waals surface area contributed by atoms with E-state index in [2.05, 4.69) is 40.9 Å². The minimum Gasteiger partial charge on any atom is -0.379 e. The Kier molecular flexibility index (Phi) is 3.89. The van der Waals surface area contributed by atoms with Crippen LogP contribution in [-0.2, 0) is 11.3 Å². The summed E-state index contributed by atoms with van der Waals surface area (Å²) in [4.78, 5) is 7.07. The largest absolute Gasteiger partial charge is 0.379 e. The molecular formula is C15H22N4O. The van der Waals surface area contributed by atoms with Crippen LogP contribution in [0.3, 0.4) is 0 Å². The van der Waals surface area contributed by atoms with Gasteiger partial charge >= 0.3 is 0 Å². The molecule has 0 aliphatic carbocycles. The molecule has 0 radical (unpaired) electrons. The molecule has 1 aliphatic heterocycles. The van der Waals surface area contributed by atoms with Crippen LogP contribution in [0.4, 0.5) is 5.82 Å². The molecule has 5 nitrogen and oxygen atoms in total. The van der Waals surface area contributed by atoms with Crippen LogP contribution in [0.5, 0.6) is 0 Å². The van der Waals surface area contributed by atoms with Crippen molar-refractivity contribution < 1.29 is 4.74 Å². The Morgan fingerprint density at radius 1 is 1.50 bits per heavy atom. The van der Waals surface area contributed by atoms with Crippen LogP contribution < -0.4 is 10.2 Å². The van der Waals surface area contributed by atoms with Crippen molar-refractivity contribution >= 4 is 11.5 Å². The van der Waals surface area contributed by atoms with Gasteiger partial charge in [0.15, 0.2) is 5.82 Å². The summed E-state index contributed by atoms with van der Waals surface area (Å²) in [6.45, 7) is 5.55. The molecule has 1 N–H and O–H groups in total. The summed E-state index contributed by atoms with van der Waals surface area (Å²) in [5.41, 5.74) is 2.22. The van der Waals surface area contributed by atoms with Gasteiger partial charge in [0.05, 0.1) is 18.3 Å². The van der Waals surface area contributed by atoms with E-state index in [4.69, 9.17) is 9.72 Å². The molecule has 1 fully saturated rings. The highest BCUT2D eigenvalue weighted by Crippen LogP contribution is 2.25. The maximum absolute atomic E-state index is 5.50. The molecule has 0 saturated carbocycles. The van der Waals surface area contributed by atoms with Crippen molar-refractivity contribution in [3.8, 4) is 0 Å². The van der Waals surface area contributed by atoms with E-state index in [0.717, 1.165) is 44.2 Å². The van der Waals surface area contributed by atoms with Crippen molar-refractivity contribution in [1.82, 2.24) is 14.7 Å². The fourth-order valence-corrected chi connectivity index (χ4v) is 2.72. The van der Waals surface area contributed by atoms with E-state index in [9.17, 15) is 0 Å². The first-order valence-corrected chi connectivity index (χ1v) is 7.28. The van der Waals surface area contributed by atoms with Gasteiger partial charge in [-0.2, -0.15) is 0 Å². The zero-order valence-electron chi connectivity index (χ0n) is 12.2. The first kappa shape index (κ1) is 13.4. The van der Waals surface area contributed by atoms with Crippen molar-refractivity contribution in [3.05, 3.63) is 30.1 Å². The van der Waals surface area contributed by atoms with Crippen molar-refractivity contribution in [2.24, 2.45) is 0 Å². The fraction of sp³-hybridized carbons (Fsp3) is 0.533. The average Bonchev–Trinajstić information content (AvgIpc) is 3.12. The number of pyridine rings is 1. The van der Waals surface area contributed by atoms with Gasteiger partial charge in [0.1, 0.15) is 5.65 Å². The molecule has 20 heavy (non-hydrogen) atoms. The molecular weight excluding hydrogens is 252 g/mol. The Hall–Kier alpha value is -1.59. The van der Waals surface area contributed by atoms with Gasteiger partial charge in [0.2, 0.25) is 0 Å². The van der Waals surface area contributed by atoms with Gasteiger partial charge in [0, 0.05) is 26.4 Å². The van der Waals surface area contributed by atoms with Gasteiger partial charge in [-0.25, -0.2) is 4.98 Å². The van der Waals surface area contributed by atoms with Crippen LogP contribution in [0.2, 0.25) is 0 Å².